The van der Waals surface area contributed by atoms with Gasteiger partial charge in [-0.1, -0.05) is 0 Å². The molecule has 2 fully saturated rings. The Kier molecular flexibility index (Phi) is 2.26. The van der Waals surface area contributed by atoms with Gasteiger partial charge in [-0.25, -0.2) is 0 Å². The lowest BCUT2D eigenvalue weighted by Gasteiger charge is -2.45. The summed E-state index contributed by atoms with van der Waals surface area (Å²) in [5, 5.41) is 2.86. The number of piperazine rings is 1. The molecule has 2 rings (SSSR count). The van der Waals surface area contributed by atoms with Crippen LogP contribution < -0.4 is 11.1 Å². The second kappa shape index (κ2) is 3.27. The zero-order valence-corrected chi connectivity index (χ0v) is 7.99. The van der Waals surface area contributed by atoms with E-state index in [9.17, 15) is 4.79 Å². The van der Waals surface area contributed by atoms with Crippen LogP contribution in [0, 0.1) is 0 Å². The third-order valence-corrected chi connectivity index (χ3v) is 3.16. The summed E-state index contributed by atoms with van der Waals surface area (Å²) in [6, 6.07) is 0.949. The number of amides is 1. The van der Waals surface area contributed by atoms with Gasteiger partial charge in [0.25, 0.3) is 0 Å². The Morgan fingerprint density at radius 2 is 2.23 bits per heavy atom. The smallest absolute Gasteiger partial charge is 0.237 e. The van der Waals surface area contributed by atoms with E-state index >= 15 is 0 Å². The summed E-state index contributed by atoms with van der Waals surface area (Å²) < 4.78 is 0. The van der Waals surface area contributed by atoms with Crippen LogP contribution >= 0.6 is 0 Å². The molecule has 1 unspecified atom stereocenters. The van der Waals surface area contributed by atoms with E-state index < -0.39 is 0 Å². The summed E-state index contributed by atoms with van der Waals surface area (Å²) in [5.41, 5.74) is 5.73. The maximum absolute atomic E-state index is 11.3. The third-order valence-electron chi connectivity index (χ3n) is 3.16. The second-order valence-corrected chi connectivity index (χ2v) is 4.09. The fraction of sp³-hybridized carbons (Fsp3) is 0.889. The second-order valence-electron chi connectivity index (χ2n) is 4.09. The Morgan fingerprint density at radius 1 is 1.54 bits per heavy atom. The van der Waals surface area contributed by atoms with Gasteiger partial charge in [0.05, 0.1) is 6.04 Å². The minimum absolute atomic E-state index is 0.0336. The highest BCUT2D eigenvalue weighted by atomic mass is 16.2. The highest BCUT2D eigenvalue weighted by Crippen LogP contribution is 2.26. The third kappa shape index (κ3) is 1.56. The van der Waals surface area contributed by atoms with Crippen LogP contribution in [-0.2, 0) is 4.79 Å². The summed E-state index contributed by atoms with van der Waals surface area (Å²) in [5.74, 6) is 0.159. The molecule has 0 aromatic heterocycles. The van der Waals surface area contributed by atoms with Gasteiger partial charge in [-0.05, 0) is 19.8 Å². The number of hydrogen-bond acceptors (Lipinski definition) is 3. The van der Waals surface area contributed by atoms with Crippen molar-refractivity contribution in [1.82, 2.24) is 10.2 Å². The van der Waals surface area contributed by atoms with Gasteiger partial charge < -0.3 is 11.1 Å². The number of nitrogens with one attached hydrogen (secondary N) is 1. The quantitative estimate of drug-likeness (QED) is 0.565. The van der Waals surface area contributed by atoms with E-state index in [4.69, 9.17) is 5.73 Å². The lowest BCUT2D eigenvalue weighted by Crippen LogP contribution is -2.61. The lowest BCUT2D eigenvalue weighted by atomic mass is 9.85. The molecule has 0 spiro atoms. The molecule has 0 aromatic carbocycles. The van der Waals surface area contributed by atoms with Crippen LogP contribution in [0.5, 0.6) is 0 Å². The fourth-order valence-electron chi connectivity index (χ4n) is 2.20. The van der Waals surface area contributed by atoms with Crippen LogP contribution in [0.15, 0.2) is 0 Å². The first-order valence-corrected chi connectivity index (χ1v) is 4.97. The molecule has 4 heteroatoms. The Morgan fingerprint density at radius 3 is 2.85 bits per heavy atom. The molecule has 13 heavy (non-hydrogen) atoms. The van der Waals surface area contributed by atoms with Crippen LogP contribution in [-0.4, -0.2) is 42.0 Å². The SMILES string of the molecule is CC1C(=O)NCCN1C1CC(N)C1. The van der Waals surface area contributed by atoms with Crippen LogP contribution in [0.25, 0.3) is 0 Å². The van der Waals surface area contributed by atoms with Crippen molar-refractivity contribution in [3.05, 3.63) is 0 Å². The van der Waals surface area contributed by atoms with Crippen LogP contribution in [0.1, 0.15) is 19.8 Å². The molecule has 1 saturated carbocycles. The van der Waals surface area contributed by atoms with Crippen molar-refractivity contribution in [3.8, 4) is 0 Å². The van der Waals surface area contributed by atoms with Crippen LogP contribution in [0.2, 0.25) is 0 Å². The standard InChI is InChI=1S/C9H17N3O/c1-6-9(13)11-2-3-12(6)8-4-7(10)5-8/h6-8H,2-5,10H2,1H3,(H,11,13). The number of nitrogens with zero attached hydrogens (tertiary/aromatic N) is 1. The maximum Gasteiger partial charge on any atom is 0.237 e. The molecule has 1 amide bonds. The highest BCUT2D eigenvalue weighted by molar-refractivity contribution is 5.82. The van der Waals surface area contributed by atoms with E-state index in [0.29, 0.717) is 12.1 Å². The average Bonchev–Trinajstić information content (AvgIpc) is 2.05. The molecular formula is C9H17N3O. The summed E-state index contributed by atoms with van der Waals surface area (Å²) in [6.45, 7) is 3.73. The Balaban J connectivity index is 1.94. The van der Waals surface area contributed by atoms with E-state index in [1.54, 1.807) is 0 Å². The van der Waals surface area contributed by atoms with E-state index in [1.807, 2.05) is 6.92 Å². The van der Waals surface area contributed by atoms with Crippen molar-refractivity contribution in [2.45, 2.75) is 37.9 Å². The molecule has 0 radical (unpaired) electrons. The van der Waals surface area contributed by atoms with Gasteiger partial charge in [-0.15, -0.1) is 0 Å². The zero-order valence-electron chi connectivity index (χ0n) is 7.99. The number of nitrogens with two attached hydrogens (primary N) is 1. The Labute approximate surface area is 78.5 Å². The summed E-state index contributed by atoms with van der Waals surface area (Å²) in [6.07, 6.45) is 2.11. The molecular weight excluding hydrogens is 166 g/mol. The highest BCUT2D eigenvalue weighted by Gasteiger charge is 2.37. The minimum atomic E-state index is 0.0336. The van der Waals surface area contributed by atoms with E-state index in [0.717, 1.165) is 25.9 Å². The molecule has 1 heterocycles. The molecule has 74 valence electrons. The molecule has 4 nitrogen and oxygen atoms in total. The van der Waals surface area contributed by atoms with Crippen molar-refractivity contribution in [2.24, 2.45) is 5.73 Å². The first-order valence-electron chi connectivity index (χ1n) is 4.97. The summed E-state index contributed by atoms with van der Waals surface area (Å²) >= 11 is 0. The van der Waals surface area contributed by atoms with Crippen molar-refractivity contribution in [3.63, 3.8) is 0 Å². The van der Waals surface area contributed by atoms with Crippen molar-refractivity contribution < 1.29 is 4.79 Å². The topological polar surface area (TPSA) is 58.4 Å². The monoisotopic (exact) mass is 183 g/mol. The first-order chi connectivity index (χ1) is 6.18. The molecule has 1 aliphatic carbocycles. The van der Waals surface area contributed by atoms with E-state index in [-0.39, 0.29) is 11.9 Å². The van der Waals surface area contributed by atoms with E-state index in [2.05, 4.69) is 10.2 Å². The largest absolute Gasteiger partial charge is 0.353 e. The number of rotatable bonds is 1. The fourth-order valence-corrected chi connectivity index (χ4v) is 2.20. The minimum Gasteiger partial charge on any atom is -0.353 e. The predicted octanol–water partition coefficient (Wildman–Crippen LogP) is -0.704. The molecule has 1 saturated heterocycles. The van der Waals surface area contributed by atoms with Crippen molar-refractivity contribution in [2.75, 3.05) is 13.1 Å². The van der Waals surface area contributed by atoms with Gasteiger partial charge in [0.15, 0.2) is 0 Å². The van der Waals surface area contributed by atoms with Crippen LogP contribution in [0.3, 0.4) is 0 Å². The molecule has 0 bridgehead atoms. The predicted molar refractivity (Wildman–Crippen MR) is 50.2 cm³/mol. The average molecular weight is 183 g/mol. The van der Waals surface area contributed by atoms with Crippen LogP contribution in [0.4, 0.5) is 0 Å². The first kappa shape index (κ1) is 8.97. The van der Waals surface area contributed by atoms with Gasteiger partial charge in [-0.2, -0.15) is 0 Å². The molecule has 3 N–H and O–H groups in total. The number of carbonyl (C=O) groups is 1. The summed E-state index contributed by atoms with van der Waals surface area (Å²) in [4.78, 5) is 13.6. The van der Waals surface area contributed by atoms with Crippen molar-refractivity contribution >= 4 is 5.91 Å². The normalized spacial score (nSPS) is 41.1. The molecule has 2 aliphatic rings. The maximum atomic E-state index is 11.3. The molecule has 1 atom stereocenters. The number of carbonyl (C=O) groups excluding carboxylic acids is 1. The Hall–Kier alpha value is -0.610. The lowest BCUT2D eigenvalue weighted by molar-refractivity contribution is -0.130. The van der Waals surface area contributed by atoms with Gasteiger partial charge >= 0.3 is 0 Å². The van der Waals surface area contributed by atoms with Gasteiger partial charge in [0.2, 0.25) is 5.91 Å². The van der Waals surface area contributed by atoms with E-state index in [1.165, 1.54) is 0 Å². The zero-order chi connectivity index (χ0) is 9.42. The number of hydrogen-bond donors (Lipinski definition) is 2. The van der Waals surface area contributed by atoms with Crippen molar-refractivity contribution in [1.29, 1.82) is 0 Å². The Bertz CT molecular complexity index is 213. The molecule has 0 aromatic rings. The van der Waals surface area contributed by atoms with Gasteiger partial charge in [0.1, 0.15) is 0 Å². The van der Waals surface area contributed by atoms with Gasteiger partial charge in [-0.3, -0.25) is 9.69 Å². The van der Waals surface area contributed by atoms with Gasteiger partial charge in [0, 0.05) is 25.2 Å². The summed E-state index contributed by atoms with van der Waals surface area (Å²) in [7, 11) is 0. The molecule has 1 aliphatic heterocycles.